The highest BCUT2D eigenvalue weighted by molar-refractivity contribution is 7.92. The summed E-state index contributed by atoms with van der Waals surface area (Å²) in [6.45, 7) is 5.23. The summed E-state index contributed by atoms with van der Waals surface area (Å²) in [6, 6.07) is 17.5. The molecule has 3 rings (SSSR count). The van der Waals surface area contributed by atoms with E-state index in [4.69, 9.17) is 10.5 Å². The molecular formula is C21H26N2O4S. The molecule has 1 amide bonds. The van der Waals surface area contributed by atoms with Crippen LogP contribution in [-0.2, 0) is 14.6 Å². The van der Waals surface area contributed by atoms with Gasteiger partial charge in [0.2, 0.25) is 0 Å². The van der Waals surface area contributed by atoms with Gasteiger partial charge in [0.1, 0.15) is 10.9 Å². The number of nitrogens with two attached hydrogens (primary N) is 1. The molecule has 7 heteroatoms. The molecule has 3 N–H and O–H groups in total. The van der Waals surface area contributed by atoms with Crippen molar-refractivity contribution in [3.8, 4) is 0 Å². The van der Waals surface area contributed by atoms with Crippen molar-refractivity contribution in [1.82, 2.24) is 5.32 Å². The van der Waals surface area contributed by atoms with Gasteiger partial charge in [-0.3, -0.25) is 0 Å². The summed E-state index contributed by atoms with van der Waals surface area (Å²) in [5, 5.41) is 1.91. The van der Waals surface area contributed by atoms with Gasteiger partial charge < -0.3 is 15.8 Å². The number of sulfone groups is 1. The largest absolute Gasteiger partial charge is 0.444 e. The zero-order chi connectivity index (χ0) is 20.6. The molecule has 0 saturated heterocycles. The Hall–Kier alpha value is -2.38. The van der Waals surface area contributed by atoms with E-state index in [1.54, 1.807) is 51.1 Å². The van der Waals surface area contributed by atoms with E-state index < -0.39 is 38.2 Å². The topological polar surface area (TPSA) is 98.5 Å². The molecule has 0 aliphatic heterocycles. The van der Waals surface area contributed by atoms with E-state index in [2.05, 4.69) is 5.32 Å². The fraction of sp³-hybridized carbons (Fsp3) is 0.381. The second kappa shape index (κ2) is 7.22. The summed E-state index contributed by atoms with van der Waals surface area (Å²) in [5.41, 5.74) is 5.02. The first kappa shape index (κ1) is 20.4. The molecule has 1 fully saturated rings. The van der Waals surface area contributed by atoms with Gasteiger partial charge in [-0.05, 0) is 38.5 Å². The zero-order valence-corrected chi connectivity index (χ0v) is 17.1. The number of carbonyl (C=O) groups is 1. The lowest BCUT2D eigenvalue weighted by atomic mass is 10.1. The van der Waals surface area contributed by atoms with Gasteiger partial charge in [-0.15, -0.1) is 0 Å². The summed E-state index contributed by atoms with van der Waals surface area (Å²) in [6.07, 6.45) is -0.676. The molecule has 0 heterocycles. The van der Waals surface area contributed by atoms with Crippen LogP contribution in [-0.4, -0.2) is 37.4 Å². The highest BCUT2D eigenvalue weighted by Crippen LogP contribution is 2.56. The van der Waals surface area contributed by atoms with Crippen LogP contribution in [0.3, 0.4) is 0 Å². The molecule has 0 radical (unpaired) electrons. The van der Waals surface area contributed by atoms with Gasteiger partial charge in [0.15, 0.2) is 9.84 Å². The molecule has 2 aromatic carbocycles. The van der Waals surface area contributed by atoms with E-state index in [0.29, 0.717) is 0 Å². The van der Waals surface area contributed by atoms with Crippen molar-refractivity contribution in [3.63, 3.8) is 0 Å². The van der Waals surface area contributed by atoms with Crippen molar-refractivity contribution in [3.05, 3.63) is 66.2 Å². The van der Waals surface area contributed by atoms with E-state index in [0.717, 1.165) is 5.56 Å². The molecule has 1 aliphatic rings. The van der Waals surface area contributed by atoms with Crippen LogP contribution in [0.5, 0.6) is 0 Å². The smallest absolute Gasteiger partial charge is 0.408 e. The van der Waals surface area contributed by atoms with Crippen molar-refractivity contribution < 1.29 is 17.9 Å². The molecule has 0 bridgehead atoms. The number of alkyl carbamates (subject to hydrolysis) is 1. The Morgan fingerprint density at radius 3 is 2.11 bits per heavy atom. The monoisotopic (exact) mass is 402 g/mol. The van der Waals surface area contributed by atoms with Crippen molar-refractivity contribution in [1.29, 1.82) is 0 Å². The van der Waals surface area contributed by atoms with Crippen molar-refractivity contribution >= 4 is 15.9 Å². The van der Waals surface area contributed by atoms with Crippen molar-refractivity contribution in [2.45, 2.75) is 48.0 Å². The fourth-order valence-corrected chi connectivity index (χ4v) is 6.05. The first-order chi connectivity index (χ1) is 13.1. The molecule has 150 valence electrons. The van der Waals surface area contributed by atoms with E-state index in [1.165, 1.54) is 0 Å². The number of hydrogen-bond donors (Lipinski definition) is 2. The van der Waals surface area contributed by atoms with Gasteiger partial charge in [-0.25, -0.2) is 13.2 Å². The number of hydrogen-bond acceptors (Lipinski definition) is 5. The van der Waals surface area contributed by atoms with Crippen LogP contribution in [0.4, 0.5) is 4.79 Å². The fourth-order valence-electron chi connectivity index (χ4n) is 3.69. The lowest BCUT2D eigenvalue weighted by Crippen LogP contribution is -2.49. The zero-order valence-electron chi connectivity index (χ0n) is 16.3. The second-order valence-corrected chi connectivity index (χ2v) is 10.1. The molecule has 28 heavy (non-hydrogen) atoms. The molecule has 2 aromatic rings. The number of rotatable bonds is 5. The van der Waals surface area contributed by atoms with E-state index in [9.17, 15) is 13.2 Å². The van der Waals surface area contributed by atoms with Crippen LogP contribution in [0, 0.1) is 0 Å². The number of nitrogens with one attached hydrogen (secondary N) is 1. The van der Waals surface area contributed by atoms with Gasteiger partial charge >= 0.3 is 6.09 Å². The highest BCUT2D eigenvalue weighted by Gasteiger charge is 2.71. The summed E-state index contributed by atoms with van der Waals surface area (Å²) in [7, 11) is -3.72. The molecule has 0 aromatic heterocycles. The molecule has 0 spiro atoms. The Labute approximate surface area is 166 Å². The van der Waals surface area contributed by atoms with Crippen LogP contribution in [0.15, 0.2) is 65.6 Å². The van der Waals surface area contributed by atoms with Crippen LogP contribution >= 0.6 is 0 Å². The average Bonchev–Trinajstić information content (AvgIpc) is 3.31. The summed E-state index contributed by atoms with van der Waals surface area (Å²) in [5.74, 6) is -0.462. The Bertz CT molecular complexity index is 939. The lowest BCUT2D eigenvalue weighted by Gasteiger charge is -2.24. The SMILES string of the molecule is CC(C)(C)OC(=O)N[C@@]1(CN)[C@H](c2ccccc2)[C@@H]1S(=O)(=O)c1ccccc1. The molecule has 1 saturated carbocycles. The normalized spacial score (nSPS) is 24.4. The Morgan fingerprint density at radius 1 is 1.07 bits per heavy atom. The molecular weight excluding hydrogens is 376 g/mol. The first-order valence-electron chi connectivity index (χ1n) is 9.17. The number of benzene rings is 2. The number of ether oxygens (including phenoxy) is 1. The molecule has 1 aliphatic carbocycles. The average molecular weight is 403 g/mol. The molecule has 0 unspecified atom stereocenters. The predicted octanol–water partition coefficient (Wildman–Crippen LogP) is 2.85. The summed E-state index contributed by atoms with van der Waals surface area (Å²) < 4.78 is 32.1. The molecule has 3 atom stereocenters. The summed E-state index contributed by atoms with van der Waals surface area (Å²) in [4.78, 5) is 12.7. The third kappa shape index (κ3) is 3.77. The molecule has 6 nitrogen and oxygen atoms in total. The minimum atomic E-state index is -3.72. The minimum absolute atomic E-state index is 0.0253. The van der Waals surface area contributed by atoms with Crippen LogP contribution < -0.4 is 11.1 Å². The van der Waals surface area contributed by atoms with E-state index in [1.807, 2.05) is 30.3 Å². The second-order valence-electron chi connectivity index (χ2n) is 8.04. The quantitative estimate of drug-likeness (QED) is 0.801. The lowest BCUT2D eigenvalue weighted by molar-refractivity contribution is 0.0497. The van der Waals surface area contributed by atoms with Crippen LogP contribution in [0.2, 0.25) is 0 Å². The number of carbonyl (C=O) groups excluding carboxylic acids is 1. The Kier molecular flexibility index (Phi) is 5.25. The maximum Gasteiger partial charge on any atom is 0.408 e. The van der Waals surface area contributed by atoms with Crippen molar-refractivity contribution in [2.75, 3.05) is 6.54 Å². The third-order valence-corrected chi connectivity index (χ3v) is 7.18. The van der Waals surface area contributed by atoms with Crippen molar-refractivity contribution in [2.24, 2.45) is 5.73 Å². The Morgan fingerprint density at radius 2 is 1.61 bits per heavy atom. The van der Waals surface area contributed by atoms with Gasteiger partial charge in [0.05, 0.1) is 10.4 Å². The van der Waals surface area contributed by atoms with Gasteiger partial charge in [-0.2, -0.15) is 0 Å². The first-order valence-corrected chi connectivity index (χ1v) is 10.7. The van der Waals surface area contributed by atoms with E-state index >= 15 is 0 Å². The minimum Gasteiger partial charge on any atom is -0.444 e. The van der Waals surface area contributed by atoms with Gasteiger partial charge in [0.25, 0.3) is 0 Å². The van der Waals surface area contributed by atoms with E-state index in [-0.39, 0.29) is 11.4 Å². The third-order valence-electron chi connectivity index (χ3n) is 4.89. The highest BCUT2D eigenvalue weighted by atomic mass is 32.2. The van der Waals surface area contributed by atoms with Gasteiger partial charge in [0, 0.05) is 12.5 Å². The van der Waals surface area contributed by atoms with Crippen LogP contribution in [0.1, 0.15) is 32.3 Å². The predicted molar refractivity (Wildman–Crippen MR) is 108 cm³/mol. The summed E-state index contributed by atoms with van der Waals surface area (Å²) >= 11 is 0. The Balaban J connectivity index is 2.01. The van der Waals surface area contributed by atoms with Crippen LogP contribution in [0.25, 0.3) is 0 Å². The van der Waals surface area contributed by atoms with Gasteiger partial charge in [-0.1, -0.05) is 48.5 Å². The standard InChI is InChI=1S/C21H26N2O4S/c1-20(2,3)27-19(24)23-21(14-22)17(15-10-6-4-7-11-15)18(21)28(25,26)16-12-8-5-9-13-16/h4-13,17-18H,14,22H2,1-3H3,(H,23,24)/t17-,18+,21+/m1/s1. The number of amides is 1. The maximum atomic E-state index is 13.4. The maximum absolute atomic E-state index is 13.4.